The monoisotopic (exact) mass is 623 g/mol. The van der Waals surface area contributed by atoms with Crippen LogP contribution in [0.5, 0.6) is 0 Å². The number of imidazole rings is 1. The van der Waals surface area contributed by atoms with Crippen LogP contribution >= 0.6 is 11.8 Å². The summed E-state index contributed by atoms with van der Waals surface area (Å²) < 4.78 is 8.27. The number of benzene rings is 3. The van der Waals surface area contributed by atoms with Crippen LogP contribution < -0.4 is 10.6 Å². The summed E-state index contributed by atoms with van der Waals surface area (Å²) in [6.45, 7) is 9.45. The molecule has 0 saturated carbocycles. The van der Waals surface area contributed by atoms with Gasteiger partial charge in [0.2, 0.25) is 5.91 Å². The third-order valence-electron chi connectivity index (χ3n) is 7.07. The number of amides is 2. The van der Waals surface area contributed by atoms with Crippen LogP contribution in [0.2, 0.25) is 25.7 Å². The number of aromatic nitrogens is 3. The smallest absolute Gasteiger partial charge is 0.255 e. The normalized spacial score (nSPS) is 11.5. The maximum atomic E-state index is 13.3. The second-order valence-corrected chi connectivity index (χ2v) is 18.2. The molecule has 0 fully saturated rings. The highest BCUT2D eigenvalue weighted by Gasteiger charge is 2.22. The molecule has 3 aromatic carbocycles. The number of rotatable bonds is 11. The number of nitrogens with zero attached hydrogens (tertiary/aromatic N) is 3. The molecule has 226 valence electrons. The van der Waals surface area contributed by atoms with Crippen molar-refractivity contribution in [2.75, 3.05) is 23.5 Å². The topological polar surface area (TPSA) is 98.1 Å². The summed E-state index contributed by atoms with van der Waals surface area (Å²) in [5, 5.41) is 8.73. The summed E-state index contributed by atoms with van der Waals surface area (Å²) in [5.41, 5.74) is 4.50. The molecule has 0 saturated heterocycles. The number of ether oxygens (including phenoxy) is 1. The van der Waals surface area contributed by atoms with Crippen molar-refractivity contribution in [3.8, 4) is 22.5 Å². The lowest BCUT2D eigenvalue weighted by Crippen LogP contribution is -2.22. The number of anilines is 2. The van der Waals surface area contributed by atoms with Gasteiger partial charge in [0.1, 0.15) is 12.5 Å². The van der Waals surface area contributed by atoms with E-state index < -0.39 is 8.07 Å². The minimum Gasteiger partial charge on any atom is -0.361 e. The Kier molecular flexibility index (Phi) is 9.63. The van der Waals surface area contributed by atoms with Crippen LogP contribution in [0, 0.1) is 0 Å². The van der Waals surface area contributed by atoms with E-state index in [4.69, 9.17) is 9.72 Å². The molecule has 0 spiro atoms. The fraction of sp³-hybridized carbons (Fsp3) is 0.235. The van der Waals surface area contributed by atoms with Gasteiger partial charge in [-0.1, -0.05) is 73.9 Å². The third-order valence-corrected chi connectivity index (χ3v) is 9.46. The predicted molar refractivity (Wildman–Crippen MR) is 183 cm³/mol. The highest BCUT2D eigenvalue weighted by atomic mass is 32.2. The number of pyridine rings is 1. The summed E-state index contributed by atoms with van der Waals surface area (Å²) in [6.07, 6.45) is 3.66. The van der Waals surface area contributed by atoms with Crippen molar-refractivity contribution in [1.29, 1.82) is 0 Å². The van der Waals surface area contributed by atoms with Crippen molar-refractivity contribution >= 4 is 53.9 Å². The summed E-state index contributed by atoms with van der Waals surface area (Å²) in [6, 6.07) is 26.2. The maximum Gasteiger partial charge on any atom is 0.255 e. The number of hydrogen-bond acceptors (Lipinski definition) is 6. The Hall–Kier alpha value is -4.25. The number of fused-ring (bicyclic) bond motifs is 1. The molecule has 0 aliphatic heterocycles. The van der Waals surface area contributed by atoms with Crippen LogP contribution in [0.25, 0.3) is 33.3 Å². The first-order chi connectivity index (χ1) is 21.1. The SMILES string of the molecule is CSc1nc(-c2cccc(NC(=O)c3ccc4ccccc4c3)c2)c(-c2ccnc(NC(C)=O)c2)n1COCC[Si](C)(C)C. The molecule has 5 aromatic rings. The van der Waals surface area contributed by atoms with E-state index in [-0.39, 0.29) is 11.8 Å². The molecule has 2 heterocycles. The Morgan fingerprint density at radius 1 is 0.909 bits per heavy atom. The first-order valence-electron chi connectivity index (χ1n) is 14.5. The fourth-order valence-corrected chi connectivity index (χ4v) is 6.14. The van der Waals surface area contributed by atoms with E-state index in [1.807, 2.05) is 85.1 Å². The summed E-state index contributed by atoms with van der Waals surface area (Å²) in [4.78, 5) is 34.4. The molecule has 2 amide bonds. The van der Waals surface area contributed by atoms with Crippen LogP contribution in [-0.4, -0.2) is 47.3 Å². The number of thioether (sulfide) groups is 1. The van der Waals surface area contributed by atoms with E-state index in [0.29, 0.717) is 30.4 Å². The minimum absolute atomic E-state index is 0.187. The Morgan fingerprint density at radius 3 is 2.45 bits per heavy atom. The molecular formula is C34H37N5O3SSi. The quantitative estimate of drug-likeness (QED) is 0.0879. The van der Waals surface area contributed by atoms with E-state index in [9.17, 15) is 9.59 Å². The second kappa shape index (κ2) is 13.6. The molecule has 2 N–H and O–H groups in total. The van der Waals surface area contributed by atoms with Crippen molar-refractivity contribution < 1.29 is 14.3 Å². The van der Waals surface area contributed by atoms with Gasteiger partial charge in [-0.15, -0.1) is 0 Å². The summed E-state index contributed by atoms with van der Waals surface area (Å²) >= 11 is 1.54. The van der Waals surface area contributed by atoms with Crippen LogP contribution in [-0.2, 0) is 16.3 Å². The number of hydrogen-bond donors (Lipinski definition) is 2. The van der Waals surface area contributed by atoms with Gasteiger partial charge in [-0.3, -0.25) is 14.2 Å². The minimum atomic E-state index is -1.26. The van der Waals surface area contributed by atoms with Gasteiger partial charge in [0.15, 0.2) is 5.16 Å². The summed E-state index contributed by atoms with van der Waals surface area (Å²) in [7, 11) is -1.26. The Labute approximate surface area is 263 Å². The lowest BCUT2D eigenvalue weighted by atomic mass is 10.0. The Bertz CT molecular complexity index is 1810. The van der Waals surface area contributed by atoms with Crippen molar-refractivity contribution in [3.05, 3.63) is 90.6 Å². The number of nitrogens with one attached hydrogen (secondary N) is 2. The summed E-state index contributed by atoms with van der Waals surface area (Å²) in [5.74, 6) is 0.0708. The molecule has 44 heavy (non-hydrogen) atoms. The highest BCUT2D eigenvalue weighted by molar-refractivity contribution is 7.98. The fourth-order valence-electron chi connectivity index (χ4n) is 4.84. The van der Waals surface area contributed by atoms with Crippen LogP contribution in [0.4, 0.5) is 11.5 Å². The third kappa shape index (κ3) is 7.63. The van der Waals surface area contributed by atoms with Crippen molar-refractivity contribution in [2.24, 2.45) is 0 Å². The molecule has 0 atom stereocenters. The van der Waals surface area contributed by atoms with Crippen molar-refractivity contribution in [1.82, 2.24) is 14.5 Å². The molecule has 5 rings (SSSR count). The van der Waals surface area contributed by atoms with Crippen LogP contribution in [0.15, 0.2) is 90.2 Å². The highest BCUT2D eigenvalue weighted by Crippen LogP contribution is 2.37. The van der Waals surface area contributed by atoms with Crippen molar-refractivity contribution in [2.45, 2.75) is 44.5 Å². The Morgan fingerprint density at radius 2 is 1.70 bits per heavy atom. The molecule has 0 bridgehead atoms. The first kappa shape index (κ1) is 31.2. The Balaban J connectivity index is 1.51. The number of carbonyl (C=O) groups excluding carboxylic acids is 2. The van der Waals surface area contributed by atoms with Gasteiger partial charge in [-0.25, -0.2) is 9.97 Å². The molecule has 0 radical (unpaired) electrons. The van der Waals surface area contributed by atoms with Gasteiger partial charge in [0, 0.05) is 50.2 Å². The zero-order valence-corrected chi connectivity index (χ0v) is 27.5. The average Bonchev–Trinajstić information content (AvgIpc) is 3.37. The van der Waals surface area contributed by atoms with E-state index in [2.05, 4.69) is 39.8 Å². The van der Waals surface area contributed by atoms with Gasteiger partial charge in [0.25, 0.3) is 5.91 Å². The van der Waals surface area contributed by atoms with Gasteiger partial charge < -0.3 is 15.4 Å². The second-order valence-electron chi connectivity index (χ2n) is 11.8. The predicted octanol–water partition coefficient (Wildman–Crippen LogP) is 8.01. The standard InChI is InChI=1S/C34H37N5O3SSi/c1-23(40)36-30-21-27(15-16-35-30)32-31(38-34(43-2)39(32)22-42-17-18-44(3,4)5)26-11-8-12-29(20-26)37-33(41)28-14-13-24-9-6-7-10-25(24)19-28/h6-16,19-21H,17-18,22H2,1-5H3,(H,37,41)(H,35,36,40). The molecular weight excluding hydrogens is 587 g/mol. The lowest BCUT2D eigenvalue weighted by molar-refractivity contribution is -0.114. The van der Waals surface area contributed by atoms with Gasteiger partial charge in [-0.2, -0.15) is 0 Å². The van der Waals surface area contributed by atoms with Crippen LogP contribution in [0.1, 0.15) is 17.3 Å². The average molecular weight is 624 g/mol. The zero-order chi connectivity index (χ0) is 31.3. The van der Waals surface area contributed by atoms with E-state index in [1.165, 1.54) is 18.7 Å². The van der Waals surface area contributed by atoms with E-state index in [1.54, 1.807) is 6.20 Å². The molecule has 8 nitrogen and oxygen atoms in total. The molecule has 0 unspecified atom stereocenters. The van der Waals surface area contributed by atoms with E-state index >= 15 is 0 Å². The molecule has 10 heteroatoms. The van der Waals surface area contributed by atoms with Gasteiger partial charge in [-0.05, 0) is 59.5 Å². The van der Waals surface area contributed by atoms with Crippen molar-refractivity contribution in [3.63, 3.8) is 0 Å². The lowest BCUT2D eigenvalue weighted by Gasteiger charge is -2.17. The van der Waals surface area contributed by atoms with Gasteiger partial charge in [0.05, 0.1) is 11.4 Å². The first-order valence-corrected chi connectivity index (χ1v) is 19.4. The largest absolute Gasteiger partial charge is 0.361 e. The van der Waals surface area contributed by atoms with Crippen LogP contribution in [0.3, 0.4) is 0 Å². The molecule has 0 aliphatic rings. The molecule has 2 aromatic heterocycles. The molecule has 0 aliphatic carbocycles. The maximum absolute atomic E-state index is 13.3. The number of carbonyl (C=O) groups is 2. The van der Waals surface area contributed by atoms with E-state index in [0.717, 1.165) is 44.5 Å². The van der Waals surface area contributed by atoms with Gasteiger partial charge >= 0.3 is 0 Å². The zero-order valence-electron chi connectivity index (χ0n) is 25.7.